The minimum absolute atomic E-state index is 0.266. The minimum atomic E-state index is -6.93. The van der Waals surface area contributed by atoms with E-state index in [4.69, 9.17) is 10.3 Å². The molecule has 0 fully saturated rings. The van der Waals surface area contributed by atoms with Crippen LogP contribution in [0.4, 0.5) is 132 Å². The van der Waals surface area contributed by atoms with E-state index in [2.05, 4.69) is 58.5 Å². The van der Waals surface area contributed by atoms with Gasteiger partial charge in [0.1, 0.15) is 6.61 Å². The van der Waals surface area contributed by atoms with Gasteiger partial charge in [0.2, 0.25) is 0 Å². The number of nitrogens with two attached hydrogens (primary N) is 2. The molecular formula is C27H34F30N3O14P2S3+. The lowest BCUT2D eigenvalue weighted by Gasteiger charge is -2.30. The van der Waals surface area contributed by atoms with Crippen molar-refractivity contribution in [3.63, 3.8) is 0 Å². The van der Waals surface area contributed by atoms with Crippen molar-refractivity contribution in [1.82, 2.24) is 5.25 Å². The van der Waals surface area contributed by atoms with Gasteiger partial charge in [-0.15, -0.1) is 9.77 Å². The third-order valence-electron chi connectivity index (χ3n) is 6.77. The van der Waals surface area contributed by atoms with Crippen molar-refractivity contribution in [2.45, 2.75) is 89.5 Å². The van der Waals surface area contributed by atoms with Crippen molar-refractivity contribution in [2.24, 2.45) is 11.8 Å². The number of halogens is 30. The van der Waals surface area contributed by atoms with Crippen LogP contribution in [0, 0.1) is 0 Å². The predicted molar refractivity (Wildman–Crippen MR) is 200 cm³/mol. The second kappa shape index (κ2) is 33.4. The fourth-order valence-electron chi connectivity index (χ4n) is 3.09. The van der Waals surface area contributed by atoms with E-state index in [-0.39, 0.29) is 19.8 Å². The Balaban J connectivity index is -0.00000110. The second-order valence-corrected chi connectivity index (χ2v) is 18.9. The first kappa shape index (κ1) is 81.9. The summed E-state index contributed by atoms with van der Waals surface area (Å²) in [7, 11) is -6.84. The van der Waals surface area contributed by atoms with Crippen LogP contribution in [0.25, 0.3) is 0 Å². The smallest absolute Gasteiger partial charge is 0.394 e. The number of thioether (sulfide) groups is 3. The molecule has 0 aliphatic heterocycles. The van der Waals surface area contributed by atoms with Crippen LogP contribution in [0.3, 0.4) is 0 Å². The summed E-state index contributed by atoms with van der Waals surface area (Å²) < 4.78 is 434. The first-order valence-corrected chi connectivity index (χ1v) is 24.2. The Labute approximate surface area is 432 Å². The largest absolute Gasteiger partial charge is 0.716 e. The summed E-state index contributed by atoms with van der Waals surface area (Å²) in [5.74, 6) is -14.2. The van der Waals surface area contributed by atoms with Gasteiger partial charge in [0.05, 0.1) is 52.9 Å². The zero-order valence-corrected chi connectivity index (χ0v) is 41.4. The topological polar surface area (TPSA) is 231 Å². The van der Waals surface area contributed by atoms with E-state index in [0.29, 0.717) is 0 Å². The number of nitrogens with one attached hydrogen (secondary N) is 1. The molecular weight excluding hydrogens is 1320 g/mol. The highest BCUT2D eigenvalue weighted by atomic mass is 32.2. The maximum Gasteiger partial charge on any atom is 0.716 e. The van der Waals surface area contributed by atoms with Crippen LogP contribution in [-0.4, -0.2) is 176 Å². The molecule has 478 valence electrons. The molecule has 0 saturated heterocycles. The zero-order chi connectivity index (χ0) is 63.2. The molecule has 0 aliphatic carbocycles. The fourth-order valence-corrected chi connectivity index (χ4v) is 5.81. The summed E-state index contributed by atoms with van der Waals surface area (Å²) in [6.45, 7) is -4.21. The van der Waals surface area contributed by atoms with Gasteiger partial charge < -0.3 is 24.5 Å². The number of alkyl halides is 30. The van der Waals surface area contributed by atoms with Gasteiger partial charge in [0, 0.05) is 21.8 Å². The fraction of sp³-hybridized carbons (Fsp3) is 1.00. The molecule has 5 unspecified atom stereocenters. The highest BCUT2D eigenvalue weighted by Crippen LogP contribution is 2.52. The van der Waals surface area contributed by atoms with Crippen LogP contribution in [0.15, 0.2) is 0 Å². The molecule has 0 aromatic carbocycles. The zero-order valence-electron chi connectivity index (χ0n) is 37.1. The molecule has 52 heteroatoms. The van der Waals surface area contributed by atoms with Crippen molar-refractivity contribution >= 4 is 51.3 Å². The molecule has 0 aromatic rings. The number of hydrogen-bond donors (Lipinski definition) is 5. The van der Waals surface area contributed by atoms with Crippen LogP contribution in [0.5, 0.6) is 0 Å². The van der Waals surface area contributed by atoms with Crippen LogP contribution >= 0.6 is 51.3 Å². The van der Waals surface area contributed by atoms with E-state index in [1.807, 2.05) is 0 Å². The van der Waals surface area contributed by atoms with E-state index in [1.165, 1.54) is 0 Å². The highest BCUT2D eigenvalue weighted by molar-refractivity contribution is 8.00. The van der Waals surface area contributed by atoms with Gasteiger partial charge >= 0.3 is 86.4 Å². The Morgan fingerprint density at radius 2 is 0.747 bits per heavy atom. The number of ether oxygens (including phenoxy) is 6. The highest BCUT2D eigenvalue weighted by Gasteiger charge is 2.78. The Bertz CT molecular complexity index is 1780. The Morgan fingerprint density at radius 1 is 0.468 bits per heavy atom. The molecule has 0 saturated carbocycles. The molecule has 0 aromatic heterocycles. The third-order valence-corrected chi connectivity index (χ3v) is 11.2. The molecule has 0 rings (SSSR count). The van der Waals surface area contributed by atoms with Gasteiger partial charge in [-0.25, -0.2) is 28.3 Å². The normalized spacial score (nSPS) is 16.3. The SMILES string of the molecule is NOP(=O)(NO)OCCOCCSC(F)(F)C(F)OC(F)(F)C(F)(F)C(F)(F)F.NO[P+](=O)OCCOCCSC(F)(F)C(F)OC(F)(F)C(F)(F)C(F)(F)F.OCCOCCSC(F)(F)C(F)OC(F)(F)C(F)(F)C(F)(F)F. The molecule has 0 spiro atoms. The van der Waals surface area contributed by atoms with E-state index < -0.39 is 198 Å². The quantitative estimate of drug-likeness (QED) is 0.0168. The summed E-state index contributed by atoms with van der Waals surface area (Å²) >= 11 is -2.24. The summed E-state index contributed by atoms with van der Waals surface area (Å²) in [5.41, 5.74) is 0. The van der Waals surface area contributed by atoms with E-state index >= 15 is 0 Å². The van der Waals surface area contributed by atoms with E-state index in [9.17, 15) is 141 Å². The lowest BCUT2D eigenvalue weighted by atomic mass is 10.3. The Kier molecular flexibility index (Phi) is 34.6. The molecule has 0 radical (unpaired) electrons. The van der Waals surface area contributed by atoms with Gasteiger partial charge in [0.25, 0.3) is 19.1 Å². The Hall–Kier alpha value is -1.32. The third kappa shape index (κ3) is 27.5. The van der Waals surface area contributed by atoms with Crippen molar-refractivity contribution in [2.75, 3.05) is 76.7 Å². The first-order chi connectivity index (χ1) is 35.2. The van der Waals surface area contributed by atoms with Crippen LogP contribution in [0.2, 0.25) is 0 Å². The molecule has 0 heterocycles. The van der Waals surface area contributed by atoms with E-state index in [1.54, 1.807) is 0 Å². The van der Waals surface area contributed by atoms with Crippen molar-refractivity contribution in [3.8, 4) is 0 Å². The average Bonchev–Trinajstić information content (AvgIpc) is 3.29. The number of aliphatic hydroxyl groups is 1. The molecule has 79 heavy (non-hydrogen) atoms. The number of aliphatic hydroxyl groups excluding tert-OH is 1. The monoisotopic (exact) mass is 1350 g/mol. The summed E-state index contributed by atoms with van der Waals surface area (Å²) in [6.07, 6.45) is -53.8. The lowest BCUT2D eigenvalue weighted by Crippen LogP contribution is -2.55. The van der Waals surface area contributed by atoms with Gasteiger partial charge in [-0.05, 0) is 4.62 Å². The second-order valence-electron chi connectivity index (χ2n) is 12.6. The molecule has 7 N–H and O–H groups in total. The Morgan fingerprint density at radius 3 is 0.987 bits per heavy atom. The van der Waals surface area contributed by atoms with Crippen molar-refractivity contribution < 1.29 is 198 Å². The lowest BCUT2D eigenvalue weighted by molar-refractivity contribution is -0.446. The van der Waals surface area contributed by atoms with Gasteiger partial charge in [-0.3, -0.25) is 18.7 Å². The number of rotatable bonds is 37. The number of hydrogen-bond acceptors (Lipinski definition) is 19. The summed E-state index contributed by atoms with van der Waals surface area (Å²) in [4.78, 5) is 0. The summed E-state index contributed by atoms with van der Waals surface area (Å²) in [5, 5.41) is 3.04. The maximum atomic E-state index is 13.3. The van der Waals surface area contributed by atoms with Crippen LogP contribution in [-0.2, 0) is 55.8 Å². The minimum Gasteiger partial charge on any atom is -0.394 e. The van der Waals surface area contributed by atoms with Gasteiger partial charge in [-0.1, -0.05) is 35.3 Å². The molecule has 0 bridgehead atoms. The first-order valence-electron chi connectivity index (χ1n) is 18.6. The standard InChI is InChI=1S/C9H13F10N2O6PS.C9H11F10NO5PS.C9H10F10O3S/c10-5(26-9(18,19)7(13,14)8(15,16)17)6(11,12)29-4-3-24-1-2-25-28(23,21-22)27-20;10-5(24-9(18,19)7(13,14)8(15,16)17)6(11,12)27-4-3-22-1-2-23-26(21)25-20;10-5(6(11,12)23-4-3-21-2-1-20)22-9(18,19)7(13,14)8(15,16)17/h5,22H,1-4,20H2,(H,21,23);5H,1-4,20H2;5,20H,1-4H2/q;+1;. The predicted octanol–water partition coefficient (Wildman–Crippen LogP) is 10.8. The van der Waals surface area contributed by atoms with Crippen LogP contribution in [0.1, 0.15) is 0 Å². The van der Waals surface area contributed by atoms with Gasteiger partial charge in [0.15, 0.2) is 0 Å². The average molecular weight is 1350 g/mol. The molecule has 17 nitrogen and oxygen atoms in total. The maximum absolute atomic E-state index is 13.3. The van der Waals surface area contributed by atoms with E-state index in [0.717, 1.165) is 5.25 Å². The molecule has 5 atom stereocenters. The summed E-state index contributed by atoms with van der Waals surface area (Å²) in [6, 6.07) is 0. The molecule has 0 amide bonds. The van der Waals surface area contributed by atoms with Crippen LogP contribution < -0.4 is 17.0 Å². The molecule has 0 aliphatic rings. The van der Waals surface area contributed by atoms with Gasteiger partial charge in [-0.2, -0.15) is 124 Å². The van der Waals surface area contributed by atoms with Crippen molar-refractivity contribution in [3.05, 3.63) is 0 Å². The van der Waals surface area contributed by atoms with Crippen molar-refractivity contribution in [1.29, 1.82) is 0 Å².